The Kier molecular flexibility index (Phi) is 8.10. The molecule has 6 heterocycles. The number of anilines is 1. The molecule has 11 rings (SSSR count). The Morgan fingerprint density at radius 2 is 1.70 bits per heavy atom. The number of pyridine rings is 1. The van der Waals surface area contributed by atoms with E-state index in [0.717, 1.165) is 38.5 Å². The Morgan fingerprint density at radius 3 is 2.46 bits per heavy atom. The Labute approximate surface area is 329 Å². The van der Waals surface area contributed by atoms with E-state index in [9.17, 15) is 40.2 Å². The highest BCUT2D eigenvalue weighted by molar-refractivity contribution is 6.34. The average molecular weight is 783 g/mol. The number of ketones is 2. The van der Waals surface area contributed by atoms with Gasteiger partial charge in [0.15, 0.2) is 17.6 Å². The number of aromatic hydroxyl groups is 1. The quantitative estimate of drug-likeness (QED) is 0.147. The van der Waals surface area contributed by atoms with Gasteiger partial charge < -0.3 is 50.9 Å². The number of fused-ring (bicyclic) bond motifs is 6. The topological polar surface area (TPSA) is 214 Å². The number of carbonyl (C=O) groups is 2. The summed E-state index contributed by atoms with van der Waals surface area (Å²) in [7, 11) is 0. The molecule has 2 aromatic carbocycles. The number of hydrazine groups is 1. The highest BCUT2D eigenvalue weighted by Gasteiger charge is 2.69. The zero-order chi connectivity index (χ0) is 40.0. The first-order chi connectivity index (χ1) is 27.2. The van der Waals surface area contributed by atoms with Crippen molar-refractivity contribution in [2.75, 3.05) is 18.4 Å². The van der Waals surface area contributed by atoms with Crippen LogP contribution >= 0.6 is 0 Å². The van der Waals surface area contributed by atoms with Gasteiger partial charge in [0.2, 0.25) is 11.6 Å². The lowest BCUT2D eigenvalue weighted by molar-refractivity contribution is -0.387. The lowest BCUT2D eigenvalue weighted by Crippen LogP contribution is -2.78. The van der Waals surface area contributed by atoms with Gasteiger partial charge in [0, 0.05) is 58.9 Å². The molecule has 3 aliphatic carbocycles. The highest BCUT2D eigenvalue weighted by Crippen LogP contribution is 2.66. The number of aryl methyl sites for hydroxylation is 2. The van der Waals surface area contributed by atoms with Gasteiger partial charge in [0.25, 0.3) is 0 Å². The zero-order valence-corrected chi connectivity index (χ0v) is 32.3. The molecule has 4 spiro atoms. The summed E-state index contributed by atoms with van der Waals surface area (Å²) in [6.07, 6.45) is 0.787. The fourth-order valence-electron chi connectivity index (χ4n) is 12.1. The average Bonchev–Trinajstić information content (AvgIpc) is 3.82. The van der Waals surface area contributed by atoms with Gasteiger partial charge in [0.1, 0.15) is 35.6 Å². The Bertz CT molecular complexity index is 2280. The number of ether oxygens (including phenoxy) is 2. The van der Waals surface area contributed by atoms with Crippen LogP contribution in [0.2, 0.25) is 0 Å². The summed E-state index contributed by atoms with van der Waals surface area (Å²) in [5, 5.41) is 78.5. The minimum Gasteiger partial charge on any atom is -0.507 e. The monoisotopic (exact) mass is 782 g/mol. The van der Waals surface area contributed by atoms with Crippen LogP contribution in [0.5, 0.6) is 11.5 Å². The molecule has 1 aromatic heterocycles. The van der Waals surface area contributed by atoms with E-state index in [1.165, 1.54) is 6.07 Å². The summed E-state index contributed by atoms with van der Waals surface area (Å²) in [5.74, 6) is -3.45. The van der Waals surface area contributed by atoms with E-state index in [-0.39, 0.29) is 71.0 Å². The highest BCUT2D eigenvalue weighted by atomic mass is 16.7. The van der Waals surface area contributed by atoms with Gasteiger partial charge in [-0.1, -0.05) is 33.1 Å². The van der Waals surface area contributed by atoms with E-state index >= 15 is 0 Å². The number of rotatable bonds is 2. The maximum absolute atomic E-state index is 14.7. The van der Waals surface area contributed by atoms with E-state index < -0.39 is 59.0 Å². The lowest BCUT2D eigenvalue weighted by atomic mass is 9.58. The molecule has 5 aliphatic heterocycles. The maximum atomic E-state index is 14.7. The molecule has 0 radical (unpaired) electrons. The predicted molar refractivity (Wildman–Crippen MR) is 205 cm³/mol. The number of aliphatic hydroxyl groups excluding tert-OH is 5. The van der Waals surface area contributed by atoms with Crippen molar-refractivity contribution in [2.45, 2.75) is 121 Å². The van der Waals surface area contributed by atoms with Crippen LogP contribution in [0, 0.1) is 23.7 Å². The van der Waals surface area contributed by atoms with Crippen molar-refractivity contribution in [2.24, 2.45) is 16.7 Å². The third kappa shape index (κ3) is 4.74. The van der Waals surface area contributed by atoms with Gasteiger partial charge in [0.05, 0.1) is 17.2 Å². The number of carbonyl (C=O) groups excluding carboxylic acids is 2. The van der Waals surface area contributed by atoms with Gasteiger partial charge in [-0.05, 0) is 85.6 Å². The van der Waals surface area contributed by atoms with Crippen molar-refractivity contribution >= 4 is 28.2 Å². The van der Waals surface area contributed by atoms with Crippen LogP contribution in [0.4, 0.5) is 5.82 Å². The number of nitrogens with zero attached hydrogens (tertiary/aromatic N) is 2. The van der Waals surface area contributed by atoms with Crippen molar-refractivity contribution in [3.63, 3.8) is 0 Å². The first kappa shape index (κ1) is 37.1. The fraction of sp³-hybridized carbons (Fsp3) is 0.558. The van der Waals surface area contributed by atoms with E-state index in [1.54, 1.807) is 36.3 Å². The summed E-state index contributed by atoms with van der Waals surface area (Å²) in [5.41, 5.74) is 1.46. The molecule has 3 fully saturated rings. The van der Waals surface area contributed by atoms with Crippen molar-refractivity contribution in [1.82, 2.24) is 15.4 Å². The molecule has 8 aliphatic rings. The van der Waals surface area contributed by atoms with Crippen LogP contribution in [0.25, 0.3) is 10.8 Å². The lowest BCUT2D eigenvalue weighted by Gasteiger charge is -2.60. The van der Waals surface area contributed by atoms with E-state index in [4.69, 9.17) is 14.5 Å². The summed E-state index contributed by atoms with van der Waals surface area (Å²) >= 11 is 0. The molecule has 14 nitrogen and oxygen atoms in total. The second-order valence-corrected chi connectivity index (χ2v) is 18.1. The van der Waals surface area contributed by atoms with Crippen molar-refractivity contribution in [3.05, 3.63) is 69.5 Å². The molecule has 8 N–H and O–H groups in total. The number of nitrogens with one attached hydrogen (secondary N) is 2. The molecule has 8 unspecified atom stereocenters. The SMILES string of the molecule is Cc1cc(O)c2c(c1)C(=O)c1c(c3c4c5c(nccc15)NCC(O)C1(CCCC15CCCC5)C1=CC5(OC(CC4)(O3)C(O)C(O)C5O)C(O)N(CC(C)C)N1)C2=O. The zero-order valence-electron chi connectivity index (χ0n) is 32.3. The van der Waals surface area contributed by atoms with Crippen LogP contribution in [-0.4, -0.2) is 107 Å². The molecule has 1 saturated heterocycles. The minimum atomic E-state index is -2.16. The molecule has 3 aromatic rings. The fourth-order valence-corrected chi connectivity index (χ4v) is 12.1. The molecule has 2 saturated carbocycles. The van der Waals surface area contributed by atoms with Gasteiger partial charge >= 0.3 is 0 Å². The standard InChI is InChI=1S/C43H50N4O10/c1-20(2)19-47-39(55)42-17-26(46-47)41(12-6-11-40(41)9-4-5-10-40)27(49)18-45-38-28-22(8-14-44-38)30-31(33(51)29-24(32(30)50)15-21(3)16-25(29)48)35-23(28)7-13-43(56-35,57-42)37(54)34(52)36(42)53/h8,14-17,20,27,34,36-37,39,46,48-49,52-55H,4-7,9-13,18-19H2,1-3H3,(H,44,45). The molecule has 6 bridgehead atoms. The van der Waals surface area contributed by atoms with Crippen LogP contribution in [0.15, 0.2) is 36.2 Å². The second-order valence-electron chi connectivity index (χ2n) is 18.1. The Morgan fingerprint density at radius 1 is 0.947 bits per heavy atom. The maximum Gasteiger partial charge on any atom is 0.240 e. The second kappa shape index (κ2) is 12.4. The molecule has 0 amide bonds. The number of phenols is 1. The number of benzene rings is 2. The van der Waals surface area contributed by atoms with Crippen LogP contribution in [0.3, 0.4) is 0 Å². The number of hydrogen-bond donors (Lipinski definition) is 8. The van der Waals surface area contributed by atoms with Crippen molar-refractivity contribution < 1.29 is 49.7 Å². The normalized spacial score (nSPS) is 35.2. The molecule has 302 valence electrons. The molecule has 8 atom stereocenters. The van der Waals surface area contributed by atoms with Crippen molar-refractivity contribution in [1.29, 1.82) is 0 Å². The minimum absolute atomic E-state index is 0.00635. The van der Waals surface area contributed by atoms with E-state index in [2.05, 4.69) is 10.7 Å². The third-order valence-corrected chi connectivity index (χ3v) is 14.5. The smallest absolute Gasteiger partial charge is 0.240 e. The van der Waals surface area contributed by atoms with Gasteiger partial charge in [-0.25, -0.2) is 4.98 Å². The van der Waals surface area contributed by atoms with Crippen molar-refractivity contribution in [3.8, 4) is 11.5 Å². The largest absolute Gasteiger partial charge is 0.507 e. The molecular formula is C43H50N4O10. The van der Waals surface area contributed by atoms with Gasteiger partial charge in [-0.15, -0.1) is 0 Å². The number of aromatic nitrogens is 1. The number of phenolic OH excluding ortho intramolecular Hbond substituents is 1. The summed E-state index contributed by atoms with van der Waals surface area (Å²) in [6.45, 7) is 6.00. The summed E-state index contributed by atoms with van der Waals surface area (Å²) in [4.78, 5) is 34.2. The molecule has 14 heteroatoms. The summed E-state index contributed by atoms with van der Waals surface area (Å²) < 4.78 is 13.8. The van der Waals surface area contributed by atoms with Gasteiger partial charge in [-0.2, -0.15) is 5.01 Å². The number of aliphatic hydroxyl groups is 5. The third-order valence-electron chi connectivity index (χ3n) is 14.5. The number of hydrogen-bond acceptors (Lipinski definition) is 14. The van der Waals surface area contributed by atoms with Crippen LogP contribution in [0.1, 0.15) is 108 Å². The molecule has 57 heavy (non-hydrogen) atoms. The van der Waals surface area contributed by atoms with E-state index in [1.807, 2.05) is 13.8 Å². The van der Waals surface area contributed by atoms with Crippen LogP contribution in [-0.2, 0) is 11.2 Å². The Hall–Kier alpha value is -4.15. The Balaban J connectivity index is 1.28. The predicted octanol–water partition coefficient (Wildman–Crippen LogP) is 3.09. The molecular weight excluding hydrogens is 732 g/mol. The van der Waals surface area contributed by atoms with Gasteiger partial charge in [-0.3, -0.25) is 9.59 Å². The van der Waals surface area contributed by atoms with Crippen LogP contribution < -0.4 is 15.5 Å². The summed E-state index contributed by atoms with van der Waals surface area (Å²) in [6, 6.07) is 4.64. The first-order valence-corrected chi connectivity index (χ1v) is 20.4. The van der Waals surface area contributed by atoms with E-state index in [0.29, 0.717) is 39.8 Å². The first-order valence-electron chi connectivity index (χ1n) is 20.4.